The van der Waals surface area contributed by atoms with Gasteiger partial charge in [0.25, 0.3) is 0 Å². The molecule has 0 radical (unpaired) electrons. The molecule has 0 saturated carbocycles. The molecule has 6 nitrogen and oxygen atoms in total. The fourth-order valence-electron chi connectivity index (χ4n) is 3.47. The van der Waals surface area contributed by atoms with Gasteiger partial charge in [-0.2, -0.15) is 0 Å². The van der Waals surface area contributed by atoms with Crippen molar-refractivity contribution in [3.63, 3.8) is 0 Å². The van der Waals surface area contributed by atoms with E-state index in [0.717, 1.165) is 10.5 Å². The van der Waals surface area contributed by atoms with E-state index in [0.29, 0.717) is 5.56 Å². The van der Waals surface area contributed by atoms with Crippen molar-refractivity contribution in [2.75, 3.05) is 20.3 Å². The van der Waals surface area contributed by atoms with Crippen LogP contribution in [0.15, 0.2) is 48.5 Å². The zero-order valence-corrected chi connectivity index (χ0v) is 21.1. The molecule has 33 heavy (non-hydrogen) atoms. The molecule has 3 rings (SSSR count). The lowest BCUT2D eigenvalue weighted by Crippen LogP contribution is -2.44. The van der Waals surface area contributed by atoms with E-state index in [1.165, 1.54) is 19.2 Å². The van der Waals surface area contributed by atoms with Crippen LogP contribution in [0.3, 0.4) is 0 Å². The Kier molecular flexibility index (Phi) is 7.28. The first-order valence-electron chi connectivity index (χ1n) is 11.0. The van der Waals surface area contributed by atoms with Gasteiger partial charge in [-0.3, -0.25) is 4.79 Å². The summed E-state index contributed by atoms with van der Waals surface area (Å²) in [6, 6.07) is 13.1. The second-order valence-electron chi connectivity index (χ2n) is 9.73. The van der Waals surface area contributed by atoms with Gasteiger partial charge in [0.15, 0.2) is 19.9 Å². The van der Waals surface area contributed by atoms with Crippen molar-refractivity contribution in [3.8, 4) is 5.75 Å². The number of carbonyl (C=O) groups excluding carboxylic acids is 2. The third kappa shape index (κ3) is 5.28. The summed E-state index contributed by atoms with van der Waals surface area (Å²) < 4.78 is 31.2. The van der Waals surface area contributed by atoms with Gasteiger partial charge in [-0.05, 0) is 41.4 Å². The molecule has 0 bridgehead atoms. The lowest BCUT2D eigenvalue weighted by atomic mass is 9.96. The summed E-state index contributed by atoms with van der Waals surface area (Å²) >= 11 is 0. The van der Waals surface area contributed by atoms with Gasteiger partial charge in [0.1, 0.15) is 12.6 Å². The highest BCUT2D eigenvalue weighted by Crippen LogP contribution is 2.38. The van der Waals surface area contributed by atoms with Gasteiger partial charge in [0.2, 0.25) is 5.91 Å². The summed E-state index contributed by atoms with van der Waals surface area (Å²) in [6.07, 6.45) is -0.708. The van der Waals surface area contributed by atoms with Gasteiger partial charge in [-0.15, -0.1) is 0 Å². The Morgan fingerprint density at radius 1 is 1.21 bits per heavy atom. The third-order valence-electron chi connectivity index (χ3n) is 6.59. The molecule has 1 aliphatic heterocycles. The molecule has 1 aliphatic rings. The van der Waals surface area contributed by atoms with Gasteiger partial charge in [-0.25, -0.2) is 14.1 Å². The number of halogens is 1. The Bertz CT molecular complexity index is 1010. The largest absolute Gasteiger partial charge is 0.494 e. The lowest BCUT2D eigenvalue weighted by Gasteiger charge is -2.37. The van der Waals surface area contributed by atoms with E-state index in [4.69, 9.17) is 13.9 Å². The van der Waals surface area contributed by atoms with Gasteiger partial charge in [0, 0.05) is 6.61 Å². The standard InChI is InChI=1S/C25H32FNO5Si/c1-25(2,3)33(5,6)32-15-19(18-12-13-22(30-4)20(26)14-18)23(28)27-21(16-31-24(27)29)17-10-8-7-9-11-17/h7-14,19,21H,15-16H2,1-6H3. The number of nitrogens with zero attached hydrogens (tertiary/aromatic N) is 1. The summed E-state index contributed by atoms with van der Waals surface area (Å²) in [4.78, 5) is 27.5. The van der Waals surface area contributed by atoms with Crippen LogP contribution in [0.5, 0.6) is 5.75 Å². The number of cyclic esters (lactones) is 1. The molecule has 0 N–H and O–H groups in total. The maximum absolute atomic E-state index is 14.6. The number of ether oxygens (including phenoxy) is 2. The maximum Gasteiger partial charge on any atom is 0.417 e. The van der Waals surface area contributed by atoms with E-state index in [9.17, 15) is 14.0 Å². The number of benzene rings is 2. The molecule has 1 heterocycles. The smallest absolute Gasteiger partial charge is 0.417 e. The fraction of sp³-hybridized carbons (Fsp3) is 0.440. The first kappa shape index (κ1) is 24.9. The SMILES string of the molecule is COc1ccc(C(CO[Si](C)(C)C(C)(C)C)C(=O)N2C(=O)OCC2c2ccccc2)cc1F. The average molecular weight is 474 g/mol. The van der Waals surface area contributed by atoms with E-state index in [1.54, 1.807) is 6.07 Å². The second-order valence-corrected chi connectivity index (χ2v) is 14.5. The van der Waals surface area contributed by atoms with Gasteiger partial charge >= 0.3 is 6.09 Å². The molecule has 2 aromatic rings. The van der Waals surface area contributed by atoms with Crippen molar-refractivity contribution in [3.05, 3.63) is 65.5 Å². The minimum Gasteiger partial charge on any atom is -0.494 e. The minimum absolute atomic E-state index is 0.0341. The van der Waals surface area contributed by atoms with Crippen molar-refractivity contribution in [1.29, 1.82) is 0 Å². The predicted molar refractivity (Wildman–Crippen MR) is 126 cm³/mol. The summed E-state index contributed by atoms with van der Waals surface area (Å²) in [7, 11) is -0.840. The zero-order chi connectivity index (χ0) is 24.4. The van der Waals surface area contributed by atoms with Gasteiger partial charge in [0.05, 0.1) is 13.0 Å². The average Bonchev–Trinajstić information content (AvgIpc) is 3.15. The Hall–Kier alpha value is -2.71. The molecule has 0 aromatic heterocycles. The Morgan fingerprint density at radius 3 is 2.45 bits per heavy atom. The quantitative estimate of drug-likeness (QED) is 0.486. The molecular formula is C25H32FNO5Si. The van der Waals surface area contributed by atoms with Gasteiger partial charge in [-0.1, -0.05) is 57.2 Å². The third-order valence-corrected chi connectivity index (χ3v) is 11.1. The second kappa shape index (κ2) is 9.65. The Morgan fingerprint density at radius 2 is 1.88 bits per heavy atom. The number of hydrogen-bond donors (Lipinski definition) is 0. The number of imide groups is 1. The van der Waals surface area contributed by atoms with E-state index in [-0.39, 0.29) is 24.0 Å². The highest BCUT2D eigenvalue weighted by molar-refractivity contribution is 6.74. The lowest BCUT2D eigenvalue weighted by molar-refractivity contribution is -0.131. The first-order valence-corrected chi connectivity index (χ1v) is 13.9. The molecule has 2 unspecified atom stereocenters. The predicted octanol–water partition coefficient (Wildman–Crippen LogP) is 5.66. The fourth-order valence-corrected chi connectivity index (χ4v) is 4.49. The number of rotatable bonds is 7. The van der Waals surface area contributed by atoms with Crippen molar-refractivity contribution in [1.82, 2.24) is 4.90 Å². The van der Waals surface area contributed by atoms with Crippen LogP contribution in [0.25, 0.3) is 0 Å². The molecule has 1 saturated heterocycles. The van der Waals surface area contributed by atoms with E-state index < -0.39 is 38.1 Å². The van der Waals surface area contributed by atoms with E-state index >= 15 is 0 Å². The van der Waals surface area contributed by atoms with Crippen LogP contribution in [0.4, 0.5) is 9.18 Å². The monoisotopic (exact) mass is 473 g/mol. The summed E-state index contributed by atoms with van der Waals surface area (Å²) in [5.74, 6) is -1.85. The van der Waals surface area contributed by atoms with Crippen LogP contribution in [-0.2, 0) is 14.0 Å². The highest BCUT2D eigenvalue weighted by Gasteiger charge is 2.44. The molecule has 2 aromatic carbocycles. The molecular weight excluding hydrogens is 441 g/mol. The van der Waals surface area contributed by atoms with Crippen LogP contribution < -0.4 is 4.74 Å². The van der Waals surface area contributed by atoms with Crippen LogP contribution in [0.2, 0.25) is 18.1 Å². The number of carbonyl (C=O) groups is 2. The van der Waals surface area contributed by atoms with Gasteiger partial charge < -0.3 is 13.9 Å². The molecule has 1 fully saturated rings. The van der Waals surface area contributed by atoms with Crippen LogP contribution in [-0.4, -0.2) is 45.5 Å². The molecule has 2 atom stereocenters. The van der Waals surface area contributed by atoms with Crippen molar-refractivity contribution in [2.24, 2.45) is 0 Å². The molecule has 0 spiro atoms. The van der Waals surface area contributed by atoms with Crippen LogP contribution in [0.1, 0.15) is 43.9 Å². The Labute approximate surface area is 195 Å². The minimum atomic E-state index is -2.22. The van der Waals surface area contributed by atoms with Crippen LogP contribution >= 0.6 is 0 Å². The van der Waals surface area contributed by atoms with Crippen molar-refractivity contribution < 1.29 is 27.9 Å². The summed E-state index contributed by atoms with van der Waals surface area (Å²) in [5, 5.41) is -0.0785. The van der Waals surface area contributed by atoms with E-state index in [1.807, 2.05) is 30.3 Å². The number of hydrogen-bond acceptors (Lipinski definition) is 5. The first-order chi connectivity index (χ1) is 15.5. The number of amides is 2. The van der Waals surface area contributed by atoms with Crippen molar-refractivity contribution in [2.45, 2.75) is 50.9 Å². The molecule has 0 aliphatic carbocycles. The topological polar surface area (TPSA) is 65.1 Å². The van der Waals surface area contributed by atoms with Crippen LogP contribution in [0, 0.1) is 5.82 Å². The normalized spacial score (nSPS) is 17.6. The Balaban J connectivity index is 1.98. The molecule has 178 valence electrons. The van der Waals surface area contributed by atoms with E-state index in [2.05, 4.69) is 33.9 Å². The zero-order valence-electron chi connectivity index (χ0n) is 20.1. The summed E-state index contributed by atoms with van der Waals surface area (Å²) in [6.45, 7) is 10.6. The highest BCUT2D eigenvalue weighted by atomic mass is 28.4. The molecule has 8 heteroatoms. The van der Waals surface area contributed by atoms with Crippen molar-refractivity contribution >= 4 is 20.3 Å². The number of methoxy groups -OCH3 is 1. The summed E-state index contributed by atoms with van der Waals surface area (Å²) in [5.41, 5.74) is 1.21. The maximum atomic E-state index is 14.6. The molecule has 2 amide bonds.